The van der Waals surface area contributed by atoms with Crippen molar-refractivity contribution in [3.63, 3.8) is 0 Å². The molecule has 0 radical (unpaired) electrons. The van der Waals surface area contributed by atoms with Crippen LogP contribution in [-0.2, 0) is 14.6 Å². The molecule has 0 aliphatic heterocycles. The van der Waals surface area contributed by atoms with Crippen molar-refractivity contribution in [2.24, 2.45) is 5.73 Å². The smallest absolute Gasteiger partial charge is 0.305 e. The van der Waals surface area contributed by atoms with Crippen LogP contribution in [0, 0.1) is 0 Å². The Morgan fingerprint density at radius 1 is 0.750 bits per heavy atom. The van der Waals surface area contributed by atoms with E-state index in [1.165, 1.54) is 77.0 Å². The van der Waals surface area contributed by atoms with Crippen LogP contribution >= 0.6 is 0 Å². The Morgan fingerprint density at radius 3 is 1.42 bits per heavy atom. The standard InChI is InChI=1S/C18H39NO4S/c1-2-3-4-5-6-7-8-9-10-11-12-13-14-15-16-17-18(19)23-24(20,21)22/h18H,2-17,19H2,1H3,(H,20,21,22). The Balaban J connectivity index is 3.15. The first-order valence-corrected chi connectivity index (χ1v) is 11.2. The molecule has 6 heteroatoms. The van der Waals surface area contributed by atoms with Crippen molar-refractivity contribution < 1.29 is 17.2 Å². The van der Waals surface area contributed by atoms with Gasteiger partial charge in [-0.05, 0) is 12.8 Å². The zero-order valence-electron chi connectivity index (χ0n) is 15.5. The zero-order valence-corrected chi connectivity index (χ0v) is 16.4. The summed E-state index contributed by atoms with van der Waals surface area (Å²) in [6, 6.07) is 0. The summed E-state index contributed by atoms with van der Waals surface area (Å²) < 4.78 is 33.7. The van der Waals surface area contributed by atoms with E-state index in [0.29, 0.717) is 6.42 Å². The molecular formula is C18H39NO4S. The maximum absolute atomic E-state index is 10.5. The highest BCUT2D eigenvalue weighted by atomic mass is 32.3. The second kappa shape index (κ2) is 16.3. The predicted octanol–water partition coefficient (Wildman–Crippen LogP) is 5.35. The van der Waals surface area contributed by atoms with Crippen LogP contribution in [0.4, 0.5) is 0 Å². The molecule has 0 aliphatic carbocycles. The van der Waals surface area contributed by atoms with Gasteiger partial charge in [0.25, 0.3) is 0 Å². The van der Waals surface area contributed by atoms with Gasteiger partial charge in [-0.15, -0.1) is 0 Å². The van der Waals surface area contributed by atoms with E-state index < -0.39 is 16.6 Å². The van der Waals surface area contributed by atoms with Crippen LogP contribution < -0.4 is 5.73 Å². The molecule has 0 aliphatic rings. The van der Waals surface area contributed by atoms with E-state index in [2.05, 4.69) is 11.1 Å². The van der Waals surface area contributed by atoms with Gasteiger partial charge < -0.3 is 5.73 Å². The number of hydrogen-bond donors (Lipinski definition) is 2. The molecule has 0 heterocycles. The predicted molar refractivity (Wildman–Crippen MR) is 100 cm³/mol. The van der Waals surface area contributed by atoms with Gasteiger partial charge in [-0.1, -0.05) is 96.8 Å². The van der Waals surface area contributed by atoms with Gasteiger partial charge in [0.1, 0.15) is 6.23 Å². The van der Waals surface area contributed by atoms with Crippen molar-refractivity contribution in [1.82, 2.24) is 0 Å². The van der Waals surface area contributed by atoms with Crippen molar-refractivity contribution in [3.05, 3.63) is 0 Å². The minimum atomic E-state index is -4.42. The molecule has 0 saturated carbocycles. The van der Waals surface area contributed by atoms with Crippen LogP contribution in [0.15, 0.2) is 0 Å². The second-order valence-corrected chi connectivity index (χ2v) is 7.85. The number of nitrogens with two attached hydrogens (primary N) is 1. The zero-order chi connectivity index (χ0) is 18.1. The average Bonchev–Trinajstić information content (AvgIpc) is 2.49. The van der Waals surface area contributed by atoms with E-state index in [1.807, 2.05) is 0 Å². The molecule has 24 heavy (non-hydrogen) atoms. The monoisotopic (exact) mass is 365 g/mol. The third kappa shape index (κ3) is 19.9. The Bertz CT molecular complexity index is 360. The number of rotatable bonds is 18. The second-order valence-electron chi connectivity index (χ2n) is 6.80. The molecule has 0 aromatic heterocycles. The molecule has 146 valence electrons. The molecule has 0 aromatic carbocycles. The normalized spacial score (nSPS) is 13.3. The summed E-state index contributed by atoms with van der Waals surface area (Å²) in [5.74, 6) is 0. The number of unbranched alkanes of at least 4 members (excludes halogenated alkanes) is 14. The van der Waals surface area contributed by atoms with Gasteiger partial charge in [0.05, 0.1) is 0 Å². The van der Waals surface area contributed by atoms with Crippen LogP contribution in [0.5, 0.6) is 0 Å². The maximum Gasteiger partial charge on any atom is 0.398 e. The molecule has 5 nitrogen and oxygen atoms in total. The van der Waals surface area contributed by atoms with Gasteiger partial charge in [-0.25, -0.2) is 4.18 Å². The lowest BCUT2D eigenvalue weighted by Crippen LogP contribution is -2.26. The minimum Gasteiger partial charge on any atom is -0.305 e. The molecule has 0 saturated heterocycles. The van der Waals surface area contributed by atoms with Crippen LogP contribution in [0.3, 0.4) is 0 Å². The van der Waals surface area contributed by atoms with Crippen LogP contribution in [0.25, 0.3) is 0 Å². The largest absolute Gasteiger partial charge is 0.398 e. The van der Waals surface area contributed by atoms with Crippen LogP contribution in [-0.4, -0.2) is 19.2 Å². The maximum atomic E-state index is 10.5. The first-order chi connectivity index (χ1) is 11.5. The van der Waals surface area contributed by atoms with E-state index in [1.54, 1.807) is 0 Å². The minimum absolute atomic E-state index is 0.456. The van der Waals surface area contributed by atoms with Crippen LogP contribution in [0.1, 0.15) is 110 Å². The summed E-state index contributed by atoms with van der Waals surface area (Å²) in [5.41, 5.74) is 5.45. The molecule has 0 rings (SSSR count). The highest BCUT2D eigenvalue weighted by Crippen LogP contribution is 2.14. The van der Waals surface area contributed by atoms with E-state index in [4.69, 9.17) is 10.3 Å². The highest BCUT2D eigenvalue weighted by molar-refractivity contribution is 7.80. The van der Waals surface area contributed by atoms with Gasteiger partial charge in [0.2, 0.25) is 0 Å². The molecule has 1 unspecified atom stereocenters. The topological polar surface area (TPSA) is 89.6 Å². The highest BCUT2D eigenvalue weighted by Gasteiger charge is 2.11. The van der Waals surface area contributed by atoms with E-state index in [-0.39, 0.29) is 0 Å². The molecule has 3 N–H and O–H groups in total. The van der Waals surface area contributed by atoms with Gasteiger partial charge in [0, 0.05) is 0 Å². The molecule has 0 amide bonds. The molecular weight excluding hydrogens is 326 g/mol. The quantitative estimate of drug-likeness (QED) is 0.194. The van der Waals surface area contributed by atoms with E-state index in [0.717, 1.165) is 19.3 Å². The van der Waals surface area contributed by atoms with Crippen LogP contribution in [0.2, 0.25) is 0 Å². The molecule has 0 fully saturated rings. The Kier molecular flexibility index (Phi) is 16.2. The van der Waals surface area contributed by atoms with Crippen molar-refractivity contribution >= 4 is 10.4 Å². The third-order valence-electron chi connectivity index (χ3n) is 4.34. The summed E-state index contributed by atoms with van der Waals surface area (Å²) in [6.45, 7) is 2.26. The first-order valence-electron chi connectivity index (χ1n) is 9.87. The summed E-state index contributed by atoms with van der Waals surface area (Å²) >= 11 is 0. The molecule has 1 atom stereocenters. The van der Waals surface area contributed by atoms with Gasteiger partial charge in [-0.2, -0.15) is 8.42 Å². The lowest BCUT2D eigenvalue weighted by atomic mass is 10.0. The average molecular weight is 366 g/mol. The molecule has 0 aromatic rings. The van der Waals surface area contributed by atoms with Gasteiger partial charge >= 0.3 is 10.4 Å². The SMILES string of the molecule is CCCCCCCCCCCCCCCCCC(N)OS(=O)(=O)O. The lowest BCUT2D eigenvalue weighted by Gasteiger charge is -2.09. The first kappa shape index (κ1) is 23.8. The summed E-state index contributed by atoms with van der Waals surface area (Å²) in [4.78, 5) is 0. The molecule has 0 spiro atoms. The van der Waals surface area contributed by atoms with E-state index >= 15 is 0 Å². The Hall–Kier alpha value is -0.170. The summed E-state index contributed by atoms with van der Waals surface area (Å²) in [7, 11) is -4.42. The van der Waals surface area contributed by atoms with Crippen molar-refractivity contribution in [3.8, 4) is 0 Å². The van der Waals surface area contributed by atoms with Crippen molar-refractivity contribution in [2.45, 2.75) is 116 Å². The fraction of sp³-hybridized carbons (Fsp3) is 1.00. The van der Waals surface area contributed by atoms with E-state index in [9.17, 15) is 8.42 Å². The van der Waals surface area contributed by atoms with Crippen molar-refractivity contribution in [1.29, 1.82) is 0 Å². The molecule has 0 bridgehead atoms. The third-order valence-corrected chi connectivity index (χ3v) is 4.83. The fourth-order valence-corrected chi connectivity index (χ4v) is 3.33. The lowest BCUT2D eigenvalue weighted by molar-refractivity contribution is 0.175. The number of hydrogen-bond acceptors (Lipinski definition) is 4. The Labute approximate surface area is 149 Å². The van der Waals surface area contributed by atoms with Crippen molar-refractivity contribution in [2.75, 3.05) is 0 Å². The summed E-state index contributed by atoms with van der Waals surface area (Å²) in [6.07, 6.45) is 18.8. The van der Waals surface area contributed by atoms with Gasteiger partial charge in [0.15, 0.2) is 0 Å². The Morgan fingerprint density at radius 2 is 1.08 bits per heavy atom. The fourth-order valence-electron chi connectivity index (χ4n) is 2.92. The van der Waals surface area contributed by atoms with Gasteiger partial charge in [-0.3, -0.25) is 4.55 Å². The summed E-state index contributed by atoms with van der Waals surface area (Å²) in [5, 5.41) is 0.